The normalized spacial score (nSPS) is 10.0. The molecule has 2 aromatic carbocycles. The highest BCUT2D eigenvalue weighted by molar-refractivity contribution is 6.09. The van der Waals surface area contributed by atoms with Crippen LogP contribution in [-0.2, 0) is 6.54 Å². The molecule has 4 nitrogen and oxygen atoms in total. The van der Waals surface area contributed by atoms with Crippen molar-refractivity contribution in [3.63, 3.8) is 0 Å². The summed E-state index contributed by atoms with van der Waals surface area (Å²) in [5, 5.41) is 29.6. The lowest BCUT2D eigenvalue weighted by Crippen LogP contribution is -1.93. The molecule has 0 saturated heterocycles. The smallest absolute Gasteiger partial charge is 0.148 e. The number of allylic oxidation sites excluding steroid dienone is 2. The van der Waals surface area contributed by atoms with Gasteiger partial charge in [-0.2, -0.15) is 15.8 Å². The minimum atomic E-state index is -0.171. The van der Waals surface area contributed by atoms with Gasteiger partial charge in [-0.25, -0.2) is 0 Å². The van der Waals surface area contributed by atoms with Gasteiger partial charge in [-0.3, -0.25) is 0 Å². The average Bonchev–Trinajstić information content (AvgIpc) is 2.97. The molecule has 0 spiro atoms. The first-order valence-corrected chi connectivity index (χ1v) is 7.81. The van der Waals surface area contributed by atoms with Crippen LogP contribution in [-0.4, -0.2) is 4.57 Å². The van der Waals surface area contributed by atoms with Gasteiger partial charge in [0.25, 0.3) is 0 Å². The van der Waals surface area contributed by atoms with Gasteiger partial charge in [0.2, 0.25) is 0 Å². The van der Waals surface area contributed by atoms with Crippen molar-refractivity contribution in [2.24, 2.45) is 0 Å². The Balaban J connectivity index is 2.40. The van der Waals surface area contributed by atoms with Crippen LogP contribution in [0.5, 0.6) is 0 Å². The Morgan fingerprint density at radius 3 is 2.36 bits per heavy atom. The van der Waals surface area contributed by atoms with E-state index in [1.54, 1.807) is 18.2 Å². The van der Waals surface area contributed by atoms with Gasteiger partial charge >= 0.3 is 0 Å². The van der Waals surface area contributed by atoms with Crippen molar-refractivity contribution >= 4 is 33.5 Å². The lowest BCUT2D eigenvalue weighted by molar-refractivity contribution is 0.827. The van der Waals surface area contributed by atoms with Gasteiger partial charge in [0.15, 0.2) is 0 Å². The standard InChI is InChI=1S/C21H14N4/c1-3-14-5-7-17-18-10-15(19(13-24)16(11-22)12-23)6-8-20(18)25(4-2)21(17)9-14/h3,5-10H,1,4H2,2H3. The highest BCUT2D eigenvalue weighted by atomic mass is 15.0. The number of hydrogen-bond donors (Lipinski definition) is 0. The van der Waals surface area contributed by atoms with Crippen molar-refractivity contribution in [2.45, 2.75) is 13.5 Å². The third-order valence-corrected chi connectivity index (χ3v) is 4.32. The number of rotatable bonds is 3. The second kappa shape index (κ2) is 6.36. The zero-order chi connectivity index (χ0) is 18.0. The summed E-state index contributed by atoms with van der Waals surface area (Å²) in [4.78, 5) is 0. The number of nitriles is 3. The van der Waals surface area contributed by atoms with Crippen molar-refractivity contribution in [1.82, 2.24) is 4.57 Å². The zero-order valence-corrected chi connectivity index (χ0v) is 13.7. The zero-order valence-electron chi connectivity index (χ0n) is 13.7. The van der Waals surface area contributed by atoms with Crippen LogP contribution in [0.3, 0.4) is 0 Å². The van der Waals surface area contributed by atoms with Crippen LogP contribution in [0, 0.1) is 34.0 Å². The van der Waals surface area contributed by atoms with Gasteiger partial charge in [-0.05, 0) is 36.2 Å². The molecule has 0 bridgehead atoms. The molecule has 25 heavy (non-hydrogen) atoms. The fraction of sp³-hybridized carbons (Fsp3) is 0.0952. The molecule has 0 amide bonds. The topological polar surface area (TPSA) is 76.3 Å². The van der Waals surface area contributed by atoms with E-state index in [-0.39, 0.29) is 11.1 Å². The third-order valence-electron chi connectivity index (χ3n) is 4.32. The number of nitrogens with zero attached hydrogens (tertiary/aromatic N) is 4. The Bertz CT molecular complexity index is 1160. The van der Waals surface area contributed by atoms with Crippen LogP contribution in [0.4, 0.5) is 0 Å². The van der Waals surface area contributed by atoms with E-state index in [0.717, 1.165) is 33.9 Å². The molecule has 3 rings (SSSR count). The molecule has 118 valence electrons. The summed E-state index contributed by atoms with van der Waals surface area (Å²) in [6.07, 6.45) is 1.81. The fourth-order valence-corrected chi connectivity index (χ4v) is 3.14. The summed E-state index contributed by atoms with van der Waals surface area (Å²) < 4.78 is 2.20. The quantitative estimate of drug-likeness (QED) is 0.651. The predicted octanol–water partition coefficient (Wildman–Crippen LogP) is 4.78. The third kappa shape index (κ3) is 2.45. The molecule has 0 radical (unpaired) electrons. The largest absolute Gasteiger partial charge is 0.341 e. The molecule has 0 unspecified atom stereocenters. The predicted molar refractivity (Wildman–Crippen MR) is 99.0 cm³/mol. The molecule has 0 aliphatic carbocycles. The number of aromatic nitrogens is 1. The molecule has 1 aromatic heterocycles. The molecule has 0 aliphatic heterocycles. The van der Waals surface area contributed by atoms with Crippen LogP contribution in [0.25, 0.3) is 33.5 Å². The van der Waals surface area contributed by atoms with Crippen LogP contribution < -0.4 is 0 Å². The van der Waals surface area contributed by atoms with E-state index < -0.39 is 0 Å². The highest BCUT2D eigenvalue weighted by Crippen LogP contribution is 2.32. The molecule has 0 atom stereocenters. The van der Waals surface area contributed by atoms with Crippen molar-refractivity contribution in [3.8, 4) is 18.2 Å². The summed E-state index contributed by atoms with van der Waals surface area (Å²) in [5.41, 5.74) is 3.70. The Morgan fingerprint density at radius 2 is 1.76 bits per heavy atom. The molecule has 0 N–H and O–H groups in total. The van der Waals surface area contributed by atoms with E-state index in [9.17, 15) is 5.26 Å². The maximum Gasteiger partial charge on any atom is 0.148 e. The fourth-order valence-electron chi connectivity index (χ4n) is 3.14. The molecule has 0 fully saturated rings. The molecule has 3 aromatic rings. The first-order valence-electron chi connectivity index (χ1n) is 7.81. The van der Waals surface area contributed by atoms with Gasteiger partial charge in [0.05, 0.1) is 5.57 Å². The van der Waals surface area contributed by atoms with E-state index in [2.05, 4.69) is 24.1 Å². The van der Waals surface area contributed by atoms with Crippen LogP contribution in [0.15, 0.2) is 48.6 Å². The Hall–Kier alpha value is -3.81. The SMILES string of the molecule is C=Cc1ccc2c3cc(C(C#N)=C(C#N)C#N)ccc3n(CC)c2c1. The van der Waals surface area contributed by atoms with E-state index >= 15 is 0 Å². The minimum absolute atomic E-state index is 0.104. The maximum absolute atomic E-state index is 9.39. The lowest BCUT2D eigenvalue weighted by atomic mass is 10.00. The molecule has 4 heteroatoms. The number of hydrogen-bond acceptors (Lipinski definition) is 3. The molecular weight excluding hydrogens is 308 g/mol. The van der Waals surface area contributed by atoms with E-state index in [0.29, 0.717) is 5.56 Å². The van der Waals surface area contributed by atoms with Gasteiger partial charge < -0.3 is 4.57 Å². The summed E-state index contributed by atoms with van der Waals surface area (Å²) in [5.74, 6) is 0. The first-order chi connectivity index (χ1) is 12.2. The van der Waals surface area contributed by atoms with Gasteiger partial charge in [-0.1, -0.05) is 30.9 Å². The number of benzene rings is 2. The number of aryl methyl sites for hydroxylation is 1. The van der Waals surface area contributed by atoms with Gasteiger partial charge in [0.1, 0.15) is 23.8 Å². The Labute approximate surface area is 145 Å². The van der Waals surface area contributed by atoms with Gasteiger partial charge in [-0.15, -0.1) is 0 Å². The Morgan fingerprint density at radius 1 is 1.00 bits per heavy atom. The van der Waals surface area contributed by atoms with E-state index in [1.165, 1.54) is 0 Å². The van der Waals surface area contributed by atoms with Crippen molar-refractivity contribution in [1.29, 1.82) is 15.8 Å². The van der Waals surface area contributed by atoms with E-state index in [4.69, 9.17) is 10.5 Å². The highest BCUT2D eigenvalue weighted by Gasteiger charge is 2.14. The van der Waals surface area contributed by atoms with Crippen molar-refractivity contribution in [3.05, 3.63) is 59.7 Å². The monoisotopic (exact) mass is 322 g/mol. The van der Waals surface area contributed by atoms with Crippen LogP contribution in [0.2, 0.25) is 0 Å². The Kier molecular flexibility index (Phi) is 4.09. The summed E-state index contributed by atoms with van der Waals surface area (Å²) >= 11 is 0. The second-order valence-electron chi connectivity index (χ2n) is 5.54. The minimum Gasteiger partial charge on any atom is -0.341 e. The molecule has 1 heterocycles. The van der Waals surface area contributed by atoms with E-state index in [1.807, 2.05) is 36.4 Å². The first kappa shape index (κ1) is 16.1. The molecule has 0 aliphatic rings. The number of fused-ring (bicyclic) bond motifs is 3. The maximum atomic E-state index is 9.39. The summed E-state index contributed by atoms with van der Waals surface area (Å²) in [6.45, 7) is 6.71. The second-order valence-corrected chi connectivity index (χ2v) is 5.54. The summed E-state index contributed by atoms with van der Waals surface area (Å²) in [7, 11) is 0. The van der Waals surface area contributed by atoms with Crippen molar-refractivity contribution in [2.75, 3.05) is 0 Å². The van der Waals surface area contributed by atoms with Crippen LogP contribution in [0.1, 0.15) is 18.1 Å². The summed E-state index contributed by atoms with van der Waals surface area (Å²) in [6, 6.07) is 17.3. The van der Waals surface area contributed by atoms with Gasteiger partial charge in [0, 0.05) is 28.4 Å². The average molecular weight is 322 g/mol. The van der Waals surface area contributed by atoms with Crippen LogP contribution >= 0.6 is 0 Å². The van der Waals surface area contributed by atoms with Crippen molar-refractivity contribution < 1.29 is 0 Å². The molecular formula is C21H14N4. The molecule has 0 saturated carbocycles. The lowest BCUT2D eigenvalue weighted by Gasteiger charge is -2.04.